The first-order valence-electron chi connectivity index (χ1n) is 20.3. The van der Waals surface area contributed by atoms with E-state index in [2.05, 4.69) is 54.6 Å². The van der Waals surface area contributed by atoms with Gasteiger partial charge in [0.15, 0.2) is 34.9 Å². The zero-order chi connectivity index (χ0) is 41.7. The van der Waals surface area contributed by atoms with Gasteiger partial charge in [-0.2, -0.15) is 5.26 Å². The fraction of sp³-hybridized carbons (Fsp3) is 0. The van der Waals surface area contributed by atoms with Crippen LogP contribution in [-0.2, 0) is 0 Å². The SMILES string of the molecule is N#Cc1ccccc1-c1cccc(-c2nc(-c3ccccc3)nc(-c3ccccc3-c3ccccc3-c3ccccc3-c3nc(-c4ccccc4)nc(-c4ccccc4)n3)n2)c1. The first-order valence-corrected chi connectivity index (χ1v) is 20.3. The molecule has 290 valence electrons. The number of nitrogens with zero attached hydrogens (tertiary/aromatic N) is 7. The van der Waals surface area contributed by atoms with Crippen molar-refractivity contribution in [1.29, 1.82) is 5.26 Å². The molecule has 0 radical (unpaired) electrons. The van der Waals surface area contributed by atoms with Gasteiger partial charge in [-0.25, -0.2) is 29.9 Å². The summed E-state index contributed by atoms with van der Waals surface area (Å²) in [6.45, 7) is 0. The maximum atomic E-state index is 9.89. The Balaban J connectivity index is 1.13. The molecule has 0 aliphatic carbocycles. The van der Waals surface area contributed by atoms with Gasteiger partial charge in [-0.1, -0.05) is 200 Å². The van der Waals surface area contributed by atoms with E-state index in [0.29, 0.717) is 40.5 Å². The van der Waals surface area contributed by atoms with Crippen molar-refractivity contribution < 1.29 is 0 Å². The van der Waals surface area contributed by atoms with Crippen molar-refractivity contribution in [3.63, 3.8) is 0 Å². The van der Waals surface area contributed by atoms with E-state index in [1.807, 2.05) is 164 Å². The molecule has 8 aromatic carbocycles. The van der Waals surface area contributed by atoms with E-state index < -0.39 is 0 Å². The first-order chi connectivity index (χ1) is 30.7. The van der Waals surface area contributed by atoms with Crippen molar-refractivity contribution in [2.24, 2.45) is 0 Å². The molecule has 0 unspecified atom stereocenters. The molecule has 0 aliphatic rings. The van der Waals surface area contributed by atoms with E-state index in [-0.39, 0.29) is 0 Å². The fourth-order valence-corrected chi connectivity index (χ4v) is 7.71. The molecular formula is C55H35N7. The molecule has 0 saturated carbocycles. The van der Waals surface area contributed by atoms with E-state index in [9.17, 15) is 5.26 Å². The molecule has 0 atom stereocenters. The Morgan fingerprint density at radius 2 is 0.532 bits per heavy atom. The van der Waals surface area contributed by atoms with Crippen LogP contribution in [0, 0.1) is 11.3 Å². The smallest absolute Gasteiger partial charge is 0.164 e. The van der Waals surface area contributed by atoms with Gasteiger partial charge in [0.1, 0.15) is 0 Å². The Kier molecular flexibility index (Phi) is 10.2. The standard InChI is InChI=1S/C55H35N7/c56-36-42-25-10-11-28-43(42)40-26-18-27-41(35-40)53-58-52(39-23-8-3-9-24-39)61-55(62-53)49-34-17-15-32-47(49)45-30-13-12-29-44(45)46-31-14-16-33-48(46)54-59-50(37-19-4-1-5-20-37)57-51(60-54)38-21-6-2-7-22-38/h1-35H. The second-order valence-electron chi connectivity index (χ2n) is 14.6. The number of benzene rings is 8. The van der Waals surface area contributed by atoms with Crippen LogP contribution in [0.3, 0.4) is 0 Å². The summed E-state index contributed by atoms with van der Waals surface area (Å²) in [5.74, 6) is 3.39. The van der Waals surface area contributed by atoms with Crippen LogP contribution in [0.25, 0.3) is 102 Å². The van der Waals surface area contributed by atoms with Crippen molar-refractivity contribution >= 4 is 0 Å². The highest BCUT2D eigenvalue weighted by Gasteiger charge is 2.21. The van der Waals surface area contributed by atoms with Gasteiger partial charge in [-0.3, -0.25) is 0 Å². The summed E-state index contributed by atoms with van der Waals surface area (Å²) in [5, 5.41) is 9.89. The van der Waals surface area contributed by atoms with Gasteiger partial charge < -0.3 is 0 Å². The highest BCUT2D eigenvalue weighted by atomic mass is 15.0. The van der Waals surface area contributed by atoms with Crippen LogP contribution in [0.1, 0.15) is 5.56 Å². The molecule has 62 heavy (non-hydrogen) atoms. The molecule has 0 aliphatic heterocycles. The van der Waals surface area contributed by atoms with Crippen LogP contribution in [0.4, 0.5) is 0 Å². The summed E-state index contributed by atoms with van der Waals surface area (Å²) in [5.41, 5.74) is 11.5. The van der Waals surface area contributed by atoms with Gasteiger partial charge in [0.25, 0.3) is 0 Å². The Hall–Kier alpha value is -8.73. The van der Waals surface area contributed by atoms with Gasteiger partial charge in [-0.05, 0) is 45.5 Å². The van der Waals surface area contributed by atoms with Crippen LogP contribution in [-0.4, -0.2) is 29.9 Å². The lowest BCUT2D eigenvalue weighted by Crippen LogP contribution is -2.02. The molecule has 7 heteroatoms. The van der Waals surface area contributed by atoms with Gasteiger partial charge in [-0.15, -0.1) is 0 Å². The summed E-state index contributed by atoms with van der Waals surface area (Å²) in [6.07, 6.45) is 0. The van der Waals surface area contributed by atoms with E-state index >= 15 is 0 Å². The minimum absolute atomic E-state index is 0.525. The predicted octanol–water partition coefficient (Wildman–Crippen LogP) is 12.9. The van der Waals surface area contributed by atoms with Crippen LogP contribution in [0.15, 0.2) is 212 Å². The van der Waals surface area contributed by atoms with Gasteiger partial charge in [0.05, 0.1) is 11.6 Å². The predicted molar refractivity (Wildman–Crippen MR) is 247 cm³/mol. The minimum atomic E-state index is 0.525. The lowest BCUT2D eigenvalue weighted by Gasteiger charge is -2.17. The Morgan fingerprint density at radius 3 is 0.952 bits per heavy atom. The zero-order valence-electron chi connectivity index (χ0n) is 33.3. The summed E-state index contributed by atoms with van der Waals surface area (Å²) >= 11 is 0. The Bertz CT molecular complexity index is 3200. The van der Waals surface area contributed by atoms with E-state index in [4.69, 9.17) is 29.9 Å². The number of hydrogen-bond donors (Lipinski definition) is 0. The molecule has 0 bridgehead atoms. The van der Waals surface area contributed by atoms with E-state index in [1.54, 1.807) is 0 Å². The van der Waals surface area contributed by atoms with Crippen LogP contribution in [0.5, 0.6) is 0 Å². The Morgan fingerprint density at radius 1 is 0.242 bits per heavy atom. The summed E-state index contributed by atoms with van der Waals surface area (Å²) in [4.78, 5) is 30.5. The number of rotatable bonds is 9. The molecule has 0 fully saturated rings. The van der Waals surface area contributed by atoms with Crippen molar-refractivity contribution in [1.82, 2.24) is 29.9 Å². The average molecular weight is 794 g/mol. The molecule has 0 saturated heterocycles. The zero-order valence-corrected chi connectivity index (χ0v) is 33.3. The monoisotopic (exact) mass is 793 g/mol. The molecule has 0 amide bonds. The molecule has 10 aromatic rings. The second-order valence-corrected chi connectivity index (χ2v) is 14.6. The maximum absolute atomic E-state index is 9.89. The molecule has 0 N–H and O–H groups in total. The van der Waals surface area contributed by atoms with Gasteiger partial charge in [0.2, 0.25) is 0 Å². The first kappa shape index (κ1) is 37.5. The van der Waals surface area contributed by atoms with Crippen molar-refractivity contribution in [3.05, 3.63) is 218 Å². The highest BCUT2D eigenvalue weighted by molar-refractivity contribution is 5.94. The molecular weight excluding hydrogens is 759 g/mol. The quantitative estimate of drug-likeness (QED) is 0.143. The van der Waals surface area contributed by atoms with Gasteiger partial charge >= 0.3 is 0 Å². The maximum Gasteiger partial charge on any atom is 0.164 e. The molecule has 2 heterocycles. The number of nitriles is 1. The summed E-state index contributed by atoms with van der Waals surface area (Å²) < 4.78 is 0. The van der Waals surface area contributed by atoms with Crippen LogP contribution < -0.4 is 0 Å². The summed E-state index contributed by atoms with van der Waals surface area (Å²) in [6, 6.07) is 72.9. The molecule has 2 aromatic heterocycles. The highest BCUT2D eigenvalue weighted by Crippen LogP contribution is 2.41. The normalized spacial score (nSPS) is 10.9. The topological polar surface area (TPSA) is 101 Å². The minimum Gasteiger partial charge on any atom is -0.208 e. The molecule has 0 spiro atoms. The van der Waals surface area contributed by atoms with Crippen molar-refractivity contribution in [2.75, 3.05) is 0 Å². The third kappa shape index (κ3) is 7.52. The van der Waals surface area contributed by atoms with Gasteiger partial charge in [0, 0.05) is 33.4 Å². The van der Waals surface area contributed by atoms with Crippen molar-refractivity contribution in [2.45, 2.75) is 0 Å². The van der Waals surface area contributed by atoms with Crippen LogP contribution >= 0.6 is 0 Å². The van der Waals surface area contributed by atoms with E-state index in [0.717, 1.165) is 66.8 Å². The lowest BCUT2D eigenvalue weighted by molar-refractivity contribution is 1.07. The number of aromatic nitrogens is 6. The molecule has 7 nitrogen and oxygen atoms in total. The second kappa shape index (κ2) is 16.9. The largest absolute Gasteiger partial charge is 0.208 e. The van der Waals surface area contributed by atoms with Crippen molar-refractivity contribution in [3.8, 4) is 108 Å². The third-order valence-electron chi connectivity index (χ3n) is 10.7. The summed E-state index contributed by atoms with van der Waals surface area (Å²) in [7, 11) is 0. The molecule has 10 rings (SSSR count). The number of hydrogen-bond acceptors (Lipinski definition) is 7. The fourth-order valence-electron chi connectivity index (χ4n) is 7.71. The Labute approximate surface area is 359 Å². The third-order valence-corrected chi connectivity index (χ3v) is 10.7. The van der Waals surface area contributed by atoms with Crippen LogP contribution in [0.2, 0.25) is 0 Å². The average Bonchev–Trinajstić information content (AvgIpc) is 3.37. The van der Waals surface area contributed by atoms with E-state index in [1.165, 1.54) is 0 Å². The lowest BCUT2D eigenvalue weighted by atomic mass is 9.89.